The molecule has 1 radical (unpaired) electrons. The summed E-state index contributed by atoms with van der Waals surface area (Å²) in [6, 6.07) is 11.2. The summed E-state index contributed by atoms with van der Waals surface area (Å²) in [5, 5.41) is 0. The minimum absolute atomic E-state index is 0.364. The Bertz CT molecular complexity index is 229. The van der Waals surface area contributed by atoms with Crippen molar-refractivity contribution in [3.05, 3.63) is 30.3 Å². The van der Waals surface area contributed by atoms with E-state index in [0.717, 1.165) is 6.61 Å². The zero-order valence-corrected chi connectivity index (χ0v) is 7.64. The average molecular weight is 179 g/mol. The van der Waals surface area contributed by atoms with Crippen LogP contribution in [0.15, 0.2) is 29.2 Å². The molecule has 0 aliphatic carbocycles. The normalized spacial score (nSPS) is 22.8. The second-order valence-electron chi connectivity index (χ2n) is 2.79. The van der Waals surface area contributed by atoms with Crippen molar-refractivity contribution in [3.63, 3.8) is 0 Å². The SMILES string of the molecule is [c]1ccccc1SC1CCCO1. The lowest BCUT2D eigenvalue weighted by molar-refractivity contribution is 0.173. The van der Waals surface area contributed by atoms with Gasteiger partial charge in [-0.25, -0.2) is 0 Å². The molecule has 1 aliphatic rings. The average Bonchev–Trinajstić information content (AvgIpc) is 2.59. The molecule has 2 heteroatoms. The molecule has 0 bridgehead atoms. The van der Waals surface area contributed by atoms with Crippen LogP contribution in [0.4, 0.5) is 0 Å². The number of ether oxygens (including phenoxy) is 1. The summed E-state index contributed by atoms with van der Waals surface area (Å²) in [7, 11) is 0. The first-order valence-corrected chi connectivity index (χ1v) is 5.08. The van der Waals surface area contributed by atoms with Crippen molar-refractivity contribution in [1.29, 1.82) is 0 Å². The molecular formula is C10H11OS. The van der Waals surface area contributed by atoms with Crippen LogP contribution in [0.3, 0.4) is 0 Å². The molecule has 0 saturated carbocycles. The van der Waals surface area contributed by atoms with Crippen LogP contribution in [0.5, 0.6) is 0 Å². The maximum atomic E-state index is 5.50. The summed E-state index contributed by atoms with van der Waals surface area (Å²) in [6.07, 6.45) is 2.37. The lowest BCUT2D eigenvalue weighted by Crippen LogP contribution is -1.97. The van der Waals surface area contributed by atoms with Gasteiger partial charge in [-0.05, 0) is 25.0 Å². The second-order valence-corrected chi connectivity index (χ2v) is 3.99. The van der Waals surface area contributed by atoms with Gasteiger partial charge < -0.3 is 4.74 Å². The molecule has 0 amide bonds. The molecule has 63 valence electrons. The van der Waals surface area contributed by atoms with Gasteiger partial charge in [0.05, 0.1) is 0 Å². The Hall–Kier alpha value is -0.470. The van der Waals surface area contributed by atoms with E-state index in [0.29, 0.717) is 5.44 Å². The third-order valence-corrected chi connectivity index (χ3v) is 2.97. The largest absolute Gasteiger partial charge is 0.367 e. The third kappa shape index (κ3) is 2.02. The fourth-order valence-electron chi connectivity index (χ4n) is 1.23. The van der Waals surface area contributed by atoms with Gasteiger partial charge in [0.1, 0.15) is 5.44 Å². The molecule has 1 nitrogen and oxygen atoms in total. The highest BCUT2D eigenvalue weighted by Gasteiger charge is 2.15. The maximum absolute atomic E-state index is 5.50. The molecular weight excluding hydrogens is 168 g/mol. The zero-order valence-electron chi connectivity index (χ0n) is 6.82. The first-order valence-electron chi connectivity index (χ1n) is 4.20. The van der Waals surface area contributed by atoms with E-state index in [4.69, 9.17) is 4.74 Å². The Morgan fingerprint density at radius 2 is 2.50 bits per heavy atom. The third-order valence-electron chi connectivity index (χ3n) is 1.83. The van der Waals surface area contributed by atoms with E-state index in [1.807, 2.05) is 18.2 Å². The minimum atomic E-state index is 0.364. The number of hydrogen-bond acceptors (Lipinski definition) is 2. The van der Waals surface area contributed by atoms with Crippen LogP contribution in [0, 0.1) is 6.07 Å². The van der Waals surface area contributed by atoms with Gasteiger partial charge in [-0.1, -0.05) is 30.0 Å². The molecule has 1 fully saturated rings. The quantitative estimate of drug-likeness (QED) is 0.690. The summed E-state index contributed by atoms with van der Waals surface area (Å²) >= 11 is 1.77. The van der Waals surface area contributed by atoms with Gasteiger partial charge in [-0.3, -0.25) is 0 Å². The standard InChI is InChI=1S/C10H11OS/c1-2-5-9(6-3-1)12-10-7-4-8-11-10/h1-3,5,10H,4,7-8H2. The highest BCUT2D eigenvalue weighted by atomic mass is 32.2. The van der Waals surface area contributed by atoms with E-state index in [1.54, 1.807) is 11.8 Å². The summed E-state index contributed by atoms with van der Waals surface area (Å²) in [5.41, 5.74) is 0.364. The first kappa shape index (κ1) is 8.14. The Labute approximate surface area is 77.1 Å². The monoisotopic (exact) mass is 179 g/mol. The minimum Gasteiger partial charge on any atom is -0.367 e. The first-order chi connectivity index (χ1) is 5.95. The molecule has 1 atom stereocenters. The van der Waals surface area contributed by atoms with Gasteiger partial charge in [0.25, 0.3) is 0 Å². The Morgan fingerprint density at radius 3 is 3.17 bits per heavy atom. The van der Waals surface area contributed by atoms with E-state index >= 15 is 0 Å². The molecule has 12 heavy (non-hydrogen) atoms. The topological polar surface area (TPSA) is 9.23 Å². The molecule has 1 aliphatic heterocycles. The van der Waals surface area contributed by atoms with Gasteiger partial charge >= 0.3 is 0 Å². The molecule has 1 saturated heterocycles. The second kappa shape index (κ2) is 3.97. The predicted molar refractivity (Wildman–Crippen MR) is 50.1 cm³/mol. The van der Waals surface area contributed by atoms with E-state index < -0.39 is 0 Å². The molecule has 1 unspecified atom stereocenters. The van der Waals surface area contributed by atoms with E-state index in [-0.39, 0.29) is 0 Å². The van der Waals surface area contributed by atoms with E-state index in [9.17, 15) is 0 Å². The Kier molecular flexibility index (Phi) is 2.69. The molecule has 2 rings (SSSR count). The van der Waals surface area contributed by atoms with Crippen molar-refractivity contribution in [2.24, 2.45) is 0 Å². The highest BCUT2D eigenvalue weighted by Crippen LogP contribution is 2.29. The van der Waals surface area contributed by atoms with Crippen molar-refractivity contribution < 1.29 is 4.74 Å². The summed E-state index contributed by atoms with van der Waals surface area (Å²) in [5.74, 6) is 0. The molecule has 1 aromatic rings. The van der Waals surface area contributed by atoms with Crippen molar-refractivity contribution in [3.8, 4) is 0 Å². The molecule has 1 aromatic carbocycles. The van der Waals surface area contributed by atoms with Crippen LogP contribution < -0.4 is 0 Å². The van der Waals surface area contributed by atoms with E-state index in [1.165, 1.54) is 17.7 Å². The van der Waals surface area contributed by atoms with Gasteiger partial charge in [0, 0.05) is 11.5 Å². The van der Waals surface area contributed by atoms with Crippen LogP contribution in [-0.2, 0) is 4.74 Å². The van der Waals surface area contributed by atoms with E-state index in [2.05, 4.69) is 12.1 Å². The smallest absolute Gasteiger partial charge is 0.107 e. The van der Waals surface area contributed by atoms with Crippen molar-refractivity contribution in [1.82, 2.24) is 0 Å². The number of rotatable bonds is 2. The van der Waals surface area contributed by atoms with Crippen LogP contribution in [0.25, 0.3) is 0 Å². The summed E-state index contributed by atoms with van der Waals surface area (Å²) < 4.78 is 5.50. The van der Waals surface area contributed by atoms with Gasteiger partial charge in [-0.15, -0.1) is 0 Å². The molecule has 0 N–H and O–H groups in total. The van der Waals surface area contributed by atoms with Gasteiger partial charge in [-0.2, -0.15) is 0 Å². The maximum Gasteiger partial charge on any atom is 0.107 e. The van der Waals surface area contributed by atoms with Crippen LogP contribution >= 0.6 is 11.8 Å². The van der Waals surface area contributed by atoms with Crippen LogP contribution in [-0.4, -0.2) is 12.0 Å². The Morgan fingerprint density at radius 1 is 1.50 bits per heavy atom. The van der Waals surface area contributed by atoms with Gasteiger partial charge in [0.15, 0.2) is 0 Å². The Balaban J connectivity index is 1.94. The predicted octanol–water partition coefficient (Wildman–Crippen LogP) is 2.72. The summed E-state index contributed by atoms with van der Waals surface area (Å²) in [6.45, 7) is 0.921. The lowest BCUT2D eigenvalue weighted by Gasteiger charge is -2.07. The molecule has 0 spiro atoms. The molecule has 0 aromatic heterocycles. The number of hydrogen-bond donors (Lipinski definition) is 0. The molecule has 1 heterocycles. The lowest BCUT2D eigenvalue weighted by atomic mass is 10.4. The van der Waals surface area contributed by atoms with Crippen molar-refractivity contribution >= 4 is 11.8 Å². The summed E-state index contributed by atoms with van der Waals surface area (Å²) in [4.78, 5) is 1.18. The van der Waals surface area contributed by atoms with Crippen molar-refractivity contribution in [2.45, 2.75) is 23.2 Å². The number of thioether (sulfide) groups is 1. The zero-order chi connectivity index (χ0) is 8.23. The van der Waals surface area contributed by atoms with Gasteiger partial charge in [0.2, 0.25) is 0 Å². The highest BCUT2D eigenvalue weighted by molar-refractivity contribution is 7.99. The van der Waals surface area contributed by atoms with Crippen molar-refractivity contribution in [2.75, 3.05) is 6.61 Å². The van der Waals surface area contributed by atoms with Crippen LogP contribution in [0.2, 0.25) is 0 Å². The van der Waals surface area contributed by atoms with Crippen LogP contribution in [0.1, 0.15) is 12.8 Å². The fraction of sp³-hybridized carbons (Fsp3) is 0.400. The number of benzene rings is 1. The fourth-order valence-corrected chi connectivity index (χ4v) is 2.26.